The highest BCUT2D eigenvalue weighted by Gasteiger charge is 2.24. The fraction of sp³-hybridized carbons (Fsp3) is 0.600. The molecule has 0 bridgehead atoms. The van der Waals surface area contributed by atoms with E-state index in [-0.39, 0.29) is 0 Å². The van der Waals surface area contributed by atoms with Gasteiger partial charge in [-0.15, -0.1) is 0 Å². The molecule has 2 aliphatic heterocycles. The number of hydrogen-bond acceptors (Lipinski definition) is 4. The second-order valence-electron chi connectivity index (χ2n) is 5.43. The largest absolute Gasteiger partial charge is 0.486 e. The summed E-state index contributed by atoms with van der Waals surface area (Å²) in [6.45, 7) is 5.53. The van der Waals surface area contributed by atoms with Crippen LogP contribution in [0.4, 0.5) is 5.69 Å². The number of ether oxygens (including phenoxy) is 3. The average Bonchev–Trinajstić information content (AvgIpc) is 2.37. The van der Waals surface area contributed by atoms with Crippen LogP contribution in [0.2, 0.25) is 0 Å². The third-order valence-electron chi connectivity index (χ3n) is 3.61. The molecule has 0 aromatic heterocycles. The Morgan fingerprint density at radius 3 is 2.42 bits per heavy atom. The van der Waals surface area contributed by atoms with Crippen molar-refractivity contribution in [2.45, 2.75) is 44.9 Å². The number of nitrogens with one attached hydrogen (secondary N) is 1. The monoisotopic (exact) mass is 263 g/mol. The Morgan fingerprint density at radius 2 is 1.68 bits per heavy atom. The van der Waals surface area contributed by atoms with Crippen molar-refractivity contribution in [3.05, 3.63) is 18.2 Å². The molecule has 2 atom stereocenters. The molecule has 1 saturated heterocycles. The Bertz CT molecular complexity index is 439. The van der Waals surface area contributed by atoms with Gasteiger partial charge in [-0.2, -0.15) is 0 Å². The molecule has 2 unspecified atom stereocenters. The predicted octanol–water partition coefficient (Wildman–Crippen LogP) is 2.83. The lowest BCUT2D eigenvalue weighted by Gasteiger charge is -2.33. The molecule has 4 heteroatoms. The van der Waals surface area contributed by atoms with E-state index in [0.717, 1.165) is 30.0 Å². The standard InChI is InChI=1S/C15H21NO3/c1-10-7-13(8-11(2)19-10)16-12-3-4-14-15(9-12)18-6-5-17-14/h3-4,9-11,13,16H,5-8H2,1-2H3. The van der Waals surface area contributed by atoms with Crippen molar-refractivity contribution in [2.24, 2.45) is 0 Å². The molecule has 19 heavy (non-hydrogen) atoms. The summed E-state index contributed by atoms with van der Waals surface area (Å²) >= 11 is 0. The molecule has 4 nitrogen and oxygen atoms in total. The fourth-order valence-corrected chi connectivity index (χ4v) is 2.89. The first-order valence-corrected chi connectivity index (χ1v) is 7.02. The van der Waals surface area contributed by atoms with E-state index < -0.39 is 0 Å². The zero-order valence-corrected chi connectivity index (χ0v) is 11.5. The van der Waals surface area contributed by atoms with E-state index in [1.54, 1.807) is 0 Å². The third-order valence-corrected chi connectivity index (χ3v) is 3.61. The summed E-state index contributed by atoms with van der Waals surface area (Å²) in [6.07, 6.45) is 2.72. The van der Waals surface area contributed by atoms with Gasteiger partial charge in [0.2, 0.25) is 0 Å². The maximum absolute atomic E-state index is 5.76. The minimum Gasteiger partial charge on any atom is -0.486 e. The highest BCUT2D eigenvalue weighted by atomic mass is 16.6. The van der Waals surface area contributed by atoms with E-state index in [0.29, 0.717) is 31.5 Å². The maximum Gasteiger partial charge on any atom is 0.163 e. The molecule has 2 heterocycles. The van der Waals surface area contributed by atoms with Crippen LogP contribution in [0, 0.1) is 0 Å². The lowest BCUT2D eigenvalue weighted by atomic mass is 9.99. The molecule has 1 fully saturated rings. The number of benzene rings is 1. The van der Waals surface area contributed by atoms with E-state index in [1.807, 2.05) is 12.1 Å². The highest BCUT2D eigenvalue weighted by Crippen LogP contribution is 2.33. The van der Waals surface area contributed by atoms with Gasteiger partial charge in [0, 0.05) is 17.8 Å². The number of fused-ring (bicyclic) bond motifs is 1. The SMILES string of the molecule is CC1CC(Nc2ccc3c(c2)OCCO3)CC(C)O1. The summed E-state index contributed by atoms with van der Waals surface area (Å²) in [6, 6.07) is 6.52. The van der Waals surface area contributed by atoms with Gasteiger partial charge < -0.3 is 19.5 Å². The second-order valence-corrected chi connectivity index (χ2v) is 5.43. The van der Waals surface area contributed by atoms with Gasteiger partial charge in [-0.1, -0.05) is 0 Å². The van der Waals surface area contributed by atoms with Crippen LogP contribution in [0.5, 0.6) is 11.5 Å². The molecular weight excluding hydrogens is 242 g/mol. The first kappa shape index (κ1) is 12.6. The van der Waals surface area contributed by atoms with Gasteiger partial charge in [0.05, 0.1) is 12.2 Å². The topological polar surface area (TPSA) is 39.7 Å². The molecule has 0 spiro atoms. The molecule has 2 aliphatic rings. The van der Waals surface area contributed by atoms with E-state index in [4.69, 9.17) is 14.2 Å². The van der Waals surface area contributed by atoms with Crippen LogP contribution in [0.15, 0.2) is 18.2 Å². The average molecular weight is 263 g/mol. The number of hydrogen-bond donors (Lipinski definition) is 1. The minimum absolute atomic E-state index is 0.318. The summed E-state index contributed by atoms with van der Waals surface area (Å²) in [7, 11) is 0. The van der Waals surface area contributed by atoms with E-state index >= 15 is 0 Å². The van der Waals surface area contributed by atoms with E-state index in [9.17, 15) is 0 Å². The van der Waals surface area contributed by atoms with Crippen molar-refractivity contribution in [3.63, 3.8) is 0 Å². The molecule has 104 valence electrons. The maximum atomic E-state index is 5.76. The van der Waals surface area contributed by atoms with Crippen molar-refractivity contribution in [3.8, 4) is 11.5 Å². The quantitative estimate of drug-likeness (QED) is 0.890. The van der Waals surface area contributed by atoms with E-state index in [2.05, 4.69) is 25.2 Å². The fourth-order valence-electron chi connectivity index (χ4n) is 2.89. The molecule has 1 aromatic carbocycles. The smallest absolute Gasteiger partial charge is 0.163 e. The zero-order chi connectivity index (χ0) is 13.2. The van der Waals surface area contributed by atoms with Crippen LogP contribution in [0.1, 0.15) is 26.7 Å². The van der Waals surface area contributed by atoms with Crippen molar-refractivity contribution in [2.75, 3.05) is 18.5 Å². The van der Waals surface area contributed by atoms with E-state index in [1.165, 1.54) is 0 Å². The summed E-state index contributed by atoms with van der Waals surface area (Å²) in [5, 5.41) is 3.58. The zero-order valence-electron chi connectivity index (χ0n) is 11.5. The highest BCUT2D eigenvalue weighted by molar-refractivity contribution is 5.55. The van der Waals surface area contributed by atoms with Crippen LogP contribution >= 0.6 is 0 Å². The van der Waals surface area contributed by atoms with Crippen LogP contribution in [-0.4, -0.2) is 31.5 Å². The van der Waals surface area contributed by atoms with Gasteiger partial charge in [0.15, 0.2) is 11.5 Å². The van der Waals surface area contributed by atoms with Crippen molar-refractivity contribution >= 4 is 5.69 Å². The molecule has 3 rings (SSSR count). The Hall–Kier alpha value is -1.42. The van der Waals surface area contributed by atoms with Crippen molar-refractivity contribution in [1.82, 2.24) is 0 Å². The molecule has 1 aromatic rings. The molecule has 1 N–H and O–H groups in total. The van der Waals surface area contributed by atoms with Gasteiger partial charge in [-0.05, 0) is 38.8 Å². The molecule has 0 radical (unpaired) electrons. The van der Waals surface area contributed by atoms with Gasteiger partial charge in [-0.3, -0.25) is 0 Å². The first-order chi connectivity index (χ1) is 9.20. The molecule has 0 aliphatic carbocycles. The van der Waals surface area contributed by atoms with Gasteiger partial charge in [0.25, 0.3) is 0 Å². The first-order valence-electron chi connectivity index (χ1n) is 7.02. The van der Waals surface area contributed by atoms with Crippen LogP contribution in [0.25, 0.3) is 0 Å². The summed E-state index contributed by atoms with van der Waals surface area (Å²) < 4.78 is 16.9. The molecule has 0 saturated carbocycles. The number of rotatable bonds is 2. The second kappa shape index (κ2) is 5.29. The van der Waals surface area contributed by atoms with Crippen molar-refractivity contribution in [1.29, 1.82) is 0 Å². The third kappa shape index (κ3) is 2.95. The van der Waals surface area contributed by atoms with Crippen LogP contribution in [0.3, 0.4) is 0 Å². The summed E-state index contributed by atoms with van der Waals surface area (Å²) in [5.41, 5.74) is 1.09. The van der Waals surface area contributed by atoms with Crippen LogP contribution in [-0.2, 0) is 4.74 Å². The Morgan fingerprint density at radius 1 is 1.00 bits per heavy atom. The Balaban J connectivity index is 1.69. The molecular formula is C15H21NO3. The number of anilines is 1. The molecule has 0 amide bonds. The predicted molar refractivity (Wildman–Crippen MR) is 74.1 cm³/mol. The lowest BCUT2D eigenvalue weighted by Crippen LogP contribution is -2.36. The Kier molecular flexibility index (Phi) is 3.51. The van der Waals surface area contributed by atoms with Gasteiger partial charge >= 0.3 is 0 Å². The lowest BCUT2D eigenvalue weighted by molar-refractivity contribution is -0.0337. The van der Waals surface area contributed by atoms with Crippen molar-refractivity contribution < 1.29 is 14.2 Å². The normalized spacial score (nSPS) is 29.9. The summed E-state index contributed by atoms with van der Waals surface area (Å²) in [4.78, 5) is 0. The Labute approximate surface area is 114 Å². The van der Waals surface area contributed by atoms with Crippen LogP contribution < -0.4 is 14.8 Å². The van der Waals surface area contributed by atoms with Gasteiger partial charge in [-0.25, -0.2) is 0 Å². The summed E-state index contributed by atoms with van der Waals surface area (Å²) in [5.74, 6) is 1.68. The minimum atomic E-state index is 0.318. The van der Waals surface area contributed by atoms with Gasteiger partial charge in [0.1, 0.15) is 13.2 Å².